The van der Waals surface area contributed by atoms with Crippen molar-refractivity contribution in [2.24, 2.45) is 5.73 Å². The minimum absolute atomic E-state index is 0.0908. The first-order valence-electron chi connectivity index (χ1n) is 8.07. The van der Waals surface area contributed by atoms with E-state index in [4.69, 9.17) is 15.2 Å². The first-order valence-corrected chi connectivity index (χ1v) is 8.07. The number of methoxy groups -OCH3 is 1. The van der Waals surface area contributed by atoms with Gasteiger partial charge in [-0.25, -0.2) is 0 Å². The molecule has 21 heavy (non-hydrogen) atoms. The Bertz CT molecular complexity index is 484. The van der Waals surface area contributed by atoms with Gasteiger partial charge in [0.05, 0.1) is 19.3 Å². The summed E-state index contributed by atoms with van der Waals surface area (Å²) >= 11 is 0. The predicted molar refractivity (Wildman–Crippen MR) is 83.9 cm³/mol. The third kappa shape index (κ3) is 2.51. The molecule has 0 aromatic heterocycles. The van der Waals surface area contributed by atoms with Crippen molar-refractivity contribution in [2.75, 3.05) is 33.4 Å². The van der Waals surface area contributed by atoms with Gasteiger partial charge < -0.3 is 15.2 Å². The topological polar surface area (TPSA) is 47.7 Å². The molecule has 4 heteroatoms. The average molecular weight is 290 g/mol. The lowest BCUT2D eigenvalue weighted by atomic mass is 9.82. The summed E-state index contributed by atoms with van der Waals surface area (Å²) in [5.74, 6) is 1.71. The Labute approximate surface area is 127 Å². The summed E-state index contributed by atoms with van der Waals surface area (Å²) in [4.78, 5) is 2.60. The number of nitrogens with two attached hydrogens (primary N) is 1. The van der Waals surface area contributed by atoms with E-state index in [1.165, 1.54) is 31.2 Å². The van der Waals surface area contributed by atoms with E-state index in [0.29, 0.717) is 13.2 Å². The van der Waals surface area contributed by atoms with Crippen LogP contribution >= 0.6 is 0 Å². The van der Waals surface area contributed by atoms with E-state index in [9.17, 15) is 0 Å². The third-order valence-electron chi connectivity index (χ3n) is 5.01. The van der Waals surface area contributed by atoms with Crippen LogP contribution in [0.5, 0.6) is 11.5 Å². The second-order valence-electron chi connectivity index (χ2n) is 6.07. The molecule has 0 spiro atoms. The fourth-order valence-electron chi connectivity index (χ4n) is 3.82. The molecule has 1 atom stereocenters. The van der Waals surface area contributed by atoms with Gasteiger partial charge in [-0.1, -0.05) is 25.0 Å². The molecule has 1 unspecified atom stereocenters. The Balaban J connectivity index is 2.03. The number of ether oxygens (including phenoxy) is 2. The number of para-hydroxylation sites is 1. The van der Waals surface area contributed by atoms with Crippen LogP contribution in [-0.4, -0.2) is 38.3 Å². The number of rotatable bonds is 3. The van der Waals surface area contributed by atoms with Crippen molar-refractivity contribution in [3.05, 3.63) is 23.8 Å². The van der Waals surface area contributed by atoms with Crippen molar-refractivity contribution in [3.63, 3.8) is 0 Å². The standard InChI is InChI=1S/C17H26N2O2/c1-20-15-8-6-7-14-16(15)21-12-9-17(14,13-18)19-10-4-2-3-5-11-19/h6-8H,2-5,9-13,18H2,1H3. The predicted octanol–water partition coefficient (Wildman–Crippen LogP) is 2.51. The van der Waals surface area contributed by atoms with E-state index in [0.717, 1.165) is 31.0 Å². The van der Waals surface area contributed by atoms with Crippen molar-refractivity contribution in [3.8, 4) is 11.5 Å². The largest absolute Gasteiger partial charge is 0.493 e. The molecule has 116 valence electrons. The number of likely N-dealkylation sites (tertiary alicyclic amines) is 1. The number of hydrogen-bond acceptors (Lipinski definition) is 4. The molecule has 1 aromatic rings. The number of nitrogens with zero attached hydrogens (tertiary/aromatic N) is 1. The smallest absolute Gasteiger partial charge is 0.166 e. The zero-order valence-electron chi connectivity index (χ0n) is 12.9. The molecule has 0 saturated carbocycles. The molecule has 1 saturated heterocycles. The molecule has 3 rings (SSSR count). The molecular weight excluding hydrogens is 264 g/mol. The minimum Gasteiger partial charge on any atom is -0.493 e. The summed E-state index contributed by atoms with van der Waals surface area (Å²) in [6.07, 6.45) is 6.16. The second kappa shape index (κ2) is 6.24. The molecule has 2 N–H and O–H groups in total. The first-order chi connectivity index (χ1) is 10.3. The van der Waals surface area contributed by atoms with Crippen LogP contribution in [0.3, 0.4) is 0 Å². The molecule has 2 heterocycles. The summed E-state index contributed by atoms with van der Waals surface area (Å²) in [5, 5.41) is 0. The van der Waals surface area contributed by atoms with Crippen LogP contribution in [0.15, 0.2) is 18.2 Å². The maximum absolute atomic E-state index is 6.29. The van der Waals surface area contributed by atoms with E-state index < -0.39 is 0 Å². The van der Waals surface area contributed by atoms with Gasteiger partial charge in [-0.15, -0.1) is 0 Å². The summed E-state index contributed by atoms with van der Waals surface area (Å²) in [6.45, 7) is 3.61. The molecule has 0 amide bonds. The fraction of sp³-hybridized carbons (Fsp3) is 0.647. The van der Waals surface area contributed by atoms with Crippen LogP contribution in [0.2, 0.25) is 0 Å². The second-order valence-corrected chi connectivity index (χ2v) is 6.07. The lowest BCUT2D eigenvalue weighted by Crippen LogP contribution is -2.54. The Morgan fingerprint density at radius 1 is 1.24 bits per heavy atom. The zero-order valence-corrected chi connectivity index (χ0v) is 12.9. The van der Waals surface area contributed by atoms with Gasteiger partial charge in [-0.2, -0.15) is 0 Å². The molecule has 4 nitrogen and oxygen atoms in total. The number of fused-ring (bicyclic) bond motifs is 1. The van der Waals surface area contributed by atoms with E-state index in [2.05, 4.69) is 17.0 Å². The van der Waals surface area contributed by atoms with Crippen LogP contribution in [-0.2, 0) is 5.54 Å². The summed E-state index contributed by atoms with van der Waals surface area (Å²) in [7, 11) is 1.70. The number of benzene rings is 1. The maximum Gasteiger partial charge on any atom is 0.166 e. The Morgan fingerprint density at radius 2 is 2.00 bits per heavy atom. The molecule has 0 bridgehead atoms. The van der Waals surface area contributed by atoms with Gasteiger partial charge in [0.2, 0.25) is 0 Å². The van der Waals surface area contributed by atoms with Crippen molar-refractivity contribution < 1.29 is 9.47 Å². The Hall–Kier alpha value is -1.26. The lowest BCUT2D eigenvalue weighted by Gasteiger charge is -2.46. The van der Waals surface area contributed by atoms with Gasteiger partial charge in [-0.3, -0.25) is 4.90 Å². The molecule has 2 aliphatic rings. The van der Waals surface area contributed by atoms with Crippen LogP contribution in [0.1, 0.15) is 37.7 Å². The highest BCUT2D eigenvalue weighted by molar-refractivity contribution is 5.51. The maximum atomic E-state index is 6.29. The highest BCUT2D eigenvalue weighted by atomic mass is 16.5. The molecule has 0 radical (unpaired) electrons. The fourth-order valence-corrected chi connectivity index (χ4v) is 3.82. The van der Waals surface area contributed by atoms with Gasteiger partial charge in [0.1, 0.15) is 0 Å². The van der Waals surface area contributed by atoms with Gasteiger partial charge >= 0.3 is 0 Å². The van der Waals surface area contributed by atoms with Crippen LogP contribution in [0.25, 0.3) is 0 Å². The van der Waals surface area contributed by atoms with E-state index >= 15 is 0 Å². The molecule has 0 aliphatic carbocycles. The van der Waals surface area contributed by atoms with Crippen LogP contribution < -0.4 is 15.2 Å². The first kappa shape index (κ1) is 14.7. The minimum atomic E-state index is -0.0908. The normalized spacial score (nSPS) is 26.6. The SMILES string of the molecule is COc1cccc2c1OCCC2(CN)N1CCCCCC1. The van der Waals surface area contributed by atoms with Crippen molar-refractivity contribution >= 4 is 0 Å². The summed E-state index contributed by atoms with van der Waals surface area (Å²) in [5.41, 5.74) is 7.40. The zero-order chi connectivity index (χ0) is 14.7. The van der Waals surface area contributed by atoms with Crippen molar-refractivity contribution in [2.45, 2.75) is 37.6 Å². The quantitative estimate of drug-likeness (QED) is 0.929. The van der Waals surface area contributed by atoms with Gasteiger partial charge in [0.25, 0.3) is 0 Å². The Morgan fingerprint density at radius 3 is 2.67 bits per heavy atom. The highest BCUT2D eigenvalue weighted by Gasteiger charge is 2.42. The molecular formula is C17H26N2O2. The average Bonchev–Trinajstić information content (AvgIpc) is 2.83. The highest BCUT2D eigenvalue weighted by Crippen LogP contribution is 2.45. The van der Waals surface area contributed by atoms with E-state index in [1.807, 2.05) is 6.07 Å². The Kier molecular flexibility index (Phi) is 4.36. The van der Waals surface area contributed by atoms with Crippen molar-refractivity contribution in [1.29, 1.82) is 0 Å². The third-order valence-corrected chi connectivity index (χ3v) is 5.01. The molecule has 1 aromatic carbocycles. The lowest BCUT2D eigenvalue weighted by molar-refractivity contribution is 0.0499. The van der Waals surface area contributed by atoms with Gasteiger partial charge in [-0.05, 0) is 32.0 Å². The van der Waals surface area contributed by atoms with Gasteiger partial charge in [0.15, 0.2) is 11.5 Å². The monoisotopic (exact) mass is 290 g/mol. The van der Waals surface area contributed by atoms with Gasteiger partial charge in [0, 0.05) is 18.5 Å². The van der Waals surface area contributed by atoms with E-state index in [-0.39, 0.29) is 5.54 Å². The van der Waals surface area contributed by atoms with Crippen molar-refractivity contribution in [1.82, 2.24) is 4.90 Å². The van der Waals surface area contributed by atoms with Crippen LogP contribution in [0, 0.1) is 0 Å². The summed E-state index contributed by atoms with van der Waals surface area (Å²) in [6, 6.07) is 6.18. The summed E-state index contributed by atoms with van der Waals surface area (Å²) < 4.78 is 11.4. The molecule has 2 aliphatic heterocycles. The van der Waals surface area contributed by atoms with E-state index in [1.54, 1.807) is 7.11 Å². The molecule has 1 fully saturated rings. The van der Waals surface area contributed by atoms with Crippen LogP contribution in [0.4, 0.5) is 0 Å². The number of hydrogen-bond donors (Lipinski definition) is 1.